The Morgan fingerprint density at radius 1 is 1.00 bits per heavy atom. The van der Waals surface area contributed by atoms with Gasteiger partial charge in [0.05, 0.1) is 12.6 Å². The third-order valence-electron chi connectivity index (χ3n) is 6.16. The molecule has 0 spiro atoms. The van der Waals surface area contributed by atoms with E-state index in [4.69, 9.17) is 4.98 Å². The zero-order valence-corrected chi connectivity index (χ0v) is 18.6. The molecule has 162 valence electrons. The Morgan fingerprint density at radius 2 is 1.75 bits per heavy atom. The van der Waals surface area contributed by atoms with Crippen LogP contribution in [0.1, 0.15) is 35.3 Å². The van der Waals surface area contributed by atoms with E-state index in [1.54, 1.807) is 7.05 Å². The number of fused-ring (bicyclic) bond motifs is 3. The first-order valence-electron chi connectivity index (χ1n) is 10.7. The van der Waals surface area contributed by atoms with Gasteiger partial charge in [-0.2, -0.15) is 4.98 Å². The van der Waals surface area contributed by atoms with E-state index >= 15 is 0 Å². The molecular formula is C25H25N5O2. The van der Waals surface area contributed by atoms with Crippen LogP contribution in [0.4, 0.5) is 0 Å². The molecule has 0 saturated carbocycles. The first-order chi connectivity index (χ1) is 15.4. The van der Waals surface area contributed by atoms with Crippen LogP contribution in [0, 0.1) is 13.8 Å². The van der Waals surface area contributed by atoms with Crippen LogP contribution in [0.25, 0.3) is 16.9 Å². The summed E-state index contributed by atoms with van der Waals surface area (Å²) in [5.74, 6) is 0.647. The van der Waals surface area contributed by atoms with Crippen molar-refractivity contribution in [3.63, 3.8) is 0 Å². The minimum absolute atomic E-state index is 0.0251. The van der Waals surface area contributed by atoms with E-state index in [2.05, 4.69) is 23.6 Å². The predicted octanol–water partition coefficient (Wildman–Crippen LogP) is 3.42. The standard InChI is InChI=1S/C25H25N5O2/c1-16-9-8-10-19(13-16)15-29-23(31)21-22(27(4)25(29)32)26-24-28(21)14-17(2)30(24)18(3)20-11-6-5-7-12-20/h5-14,18H,15H2,1-4H3/t18-/m1/s1. The molecule has 0 N–H and O–H groups in total. The van der Waals surface area contributed by atoms with Crippen LogP contribution in [0.15, 0.2) is 70.4 Å². The van der Waals surface area contributed by atoms with Crippen LogP contribution < -0.4 is 11.2 Å². The summed E-state index contributed by atoms with van der Waals surface area (Å²) in [5, 5.41) is 0. The highest BCUT2D eigenvalue weighted by Crippen LogP contribution is 2.25. The number of hydrogen-bond donors (Lipinski definition) is 0. The SMILES string of the molecule is Cc1cccc(Cn2c(=O)c3c(nc4n([C@H](C)c5ccccc5)c(C)cn34)n(C)c2=O)c1. The Kier molecular flexibility index (Phi) is 4.62. The molecule has 0 aliphatic carbocycles. The van der Waals surface area contributed by atoms with E-state index in [0.29, 0.717) is 16.9 Å². The Bertz CT molecular complexity index is 1580. The average molecular weight is 428 g/mol. The fraction of sp³-hybridized carbons (Fsp3) is 0.240. The van der Waals surface area contributed by atoms with Crippen LogP contribution in [0.5, 0.6) is 0 Å². The summed E-state index contributed by atoms with van der Waals surface area (Å²) in [7, 11) is 1.67. The molecule has 1 atom stereocenters. The van der Waals surface area contributed by atoms with Gasteiger partial charge in [0.25, 0.3) is 5.56 Å². The number of benzene rings is 2. The largest absolute Gasteiger partial charge is 0.332 e. The molecule has 0 saturated heterocycles. The van der Waals surface area contributed by atoms with Gasteiger partial charge in [0.2, 0.25) is 5.78 Å². The first-order valence-corrected chi connectivity index (χ1v) is 10.7. The van der Waals surface area contributed by atoms with E-state index in [9.17, 15) is 9.59 Å². The predicted molar refractivity (Wildman–Crippen MR) is 125 cm³/mol. The van der Waals surface area contributed by atoms with Crippen LogP contribution in [-0.4, -0.2) is 23.1 Å². The molecule has 0 bridgehead atoms. The molecule has 7 heteroatoms. The van der Waals surface area contributed by atoms with Gasteiger partial charge < -0.3 is 4.57 Å². The minimum Gasteiger partial charge on any atom is -0.307 e. The zero-order valence-electron chi connectivity index (χ0n) is 18.6. The highest BCUT2D eigenvalue weighted by molar-refractivity contribution is 5.75. The van der Waals surface area contributed by atoms with Gasteiger partial charge in [0.1, 0.15) is 0 Å². The van der Waals surface area contributed by atoms with Crippen LogP contribution in [-0.2, 0) is 13.6 Å². The van der Waals surface area contributed by atoms with Crippen molar-refractivity contribution in [3.05, 3.63) is 104 Å². The van der Waals surface area contributed by atoms with Crippen molar-refractivity contribution in [2.24, 2.45) is 7.05 Å². The lowest BCUT2D eigenvalue weighted by molar-refractivity contribution is 0.638. The van der Waals surface area contributed by atoms with Gasteiger partial charge in [-0.25, -0.2) is 4.79 Å². The number of nitrogens with zero attached hydrogens (tertiary/aromatic N) is 5. The molecule has 0 aliphatic heterocycles. The normalized spacial score (nSPS) is 12.6. The van der Waals surface area contributed by atoms with Crippen LogP contribution >= 0.6 is 0 Å². The van der Waals surface area contributed by atoms with Gasteiger partial charge in [-0.05, 0) is 31.9 Å². The summed E-state index contributed by atoms with van der Waals surface area (Å²) in [6, 6.07) is 18.0. The van der Waals surface area contributed by atoms with Crippen molar-refractivity contribution in [3.8, 4) is 0 Å². The van der Waals surface area contributed by atoms with Crippen molar-refractivity contribution in [2.45, 2.75) is 33.4 Å². The number of aryl methyl sites for hydroxylation is 3. The van der Waals surface area contributed by atoms with E-state index in [1.165, 1.54) is 9.13 Å². The second kappa shape index (κ2) is 7.37. The lowest BCUT2D eigenvalue weighted by Crippen LogP contribution is -2.39. The van der Waals surface area contributed by atoms with Gasteiger partial charge in [-0.15, -0.1) is 0 Å². The van der Waals surface area contributed by atoms with Gasteiger partial charge in [0, 0.05) is 18.9 Å². The molecule has 3 aromatic heterocycles. The van der Waals surface area contributed by atoms with Crippen molar-refractivity contribution in [1.82, 2.24) is 23.1 Å². The summed E-state index contributed by atoms with van der Waals surface area (Å²) in [6.45, 7) is 6.33. The highest BCUT2D eigenvalue weighted by atomic mass is 16.2. The molecule has 32 heavy (non-hydrogen) atoms. The summed E-state index contributed by atoms with van der Waals surface area (Å²) in [5.41, 5.74) is 4.24. The maximum Gasteiger partial charge on any atom is 0.332 e. The molecule has 2 aromatic carbocycles. The summed E-state index contributed by atoms with van der Waals surface area (Å²) in [6.07, 6.45) is 1.92. The Hall–Kier alpha value is -3.87. The molecule has 5 aromatic rings. The highest BCUT2D eigenvalue weighted by Gasteiger charge is 2.22. The molecule has 0 amide bonds. The van der Waals surface area contributed by atoms with Gasteiger partial charge >= 0.3 is 5.69 Å². The Morgan fingerprint density at radius 3 is 2.47 bits per heavy atom. The maximum absolute atomic E-state index is 13.5. The topological polar surface area (TPSA) is 66.2 Å². The lowest BCUT2D eigenvalue weighted by atomic mass is 10.1. The number of hydrogen-bond acceptors (Lipinski definition) is 3. The van der Waals surface area contributed by atoms with E-state index in [1.807, 2.05) is 66.9 Å². The molecule has 0 fully saturated rings. The zero-order chi connectivity index (χ0) is 22.6. The summed E-state index contributed by atoms with van der Waals surface area (Å²) < 4.78 is 6.67. The third kappa shape index (κ3) is 3.00. The van der Waals surface area contributed by atoms with Gasteiger partial charge in [-0.3, -0.25) is 18.3 Å². The fourth-order valence-electron chi connectivity index (χ4n) is 4.52. The molecule has 0 radical (unpaired) electrons. The monoisotopic (exact) mass is 427 g/mol. The number of aromatic nitrogens is 5. The van der Waals surface area contributed by atoms with Crippen molar-refractivity contribution in [1.29, 1.82) is 0 Å². The van der Waals surface area contributed by atoms with Crippen molar-refractivity contribution >= 4 is 16.9 Å². The quantitative estimate of drug-likeness (QED) is 0.441. The molecule has 0 aliphatic rings. The molecule has 7 nitrogen and oxygen atoms in total. The summed E-state index contributed by atoms with van der Waals surface area (Å²) in [4.78, 5) is 31.3. The van der Waals surface area contributed by atoms with E-state index < -0.39 is 0 Å². The second-order valence-corrected chi connectivity index (χ2v) is 8.40. The number of imidazole rings is 2. The van der Waals surface area contributed by atoms with E-state index in [-0.39, 0.29) is 23.8 Å². The molecule has 0 unspecified atom stereocenters. The van der Waals surface area contributed by atoms with Crippen molar-refractivity contribution < 1.29 is 0 Å². The van der Waals surface area contributed by atoms with Crippen molar-refractivity contribution in [2.75, 3.05) is 0 Å². The average Bonchev–Trinajstić information content (AvgIpc) is 3.30. The Balaban J connectivity index is 1.75. The lowest BCUT2D eigenvalue weighted by Gasteiger charge is -2.16. The maximum atomic E-state index is 13.5. The Labute approximate surface area is 184 Å². The third-order valence-corrected chi connectivity index (χ3v) is 6.16. The fourth-order valence-corrected chi connectivity index (χ4v) is 4.52. The second-order valence-electron chi connectivity index (χ2n) is 8.40. The molecule has 3 heterocycles. The van der Waals surface area contributed by atoms with Gasteiger partial charge in [0.15, 0.2) is 11.2 Å². The van der Waals surface area contributed by atoms with Crippen LogP contribution in [0.3, 0.4) is 0 Å². The van der Waals surface area contributed by atoms with Gasteiger partial charge in [-0.1, -0.05) is 60.2 Å². The summed E-state index contributed by atoms with van der Waals surface area (Å²) >= 11 is 0. The van der Waals surface area contributed by atoms with Crippen LogP contribution in [0.2, 0.25) is 0 Å². The smallest absolute Gasteiger partial charge is 0.307 e. The minimum atomic E-state index is -0.371. The first kappa shape index (κ1) is 20.1. The number of rotatable bonds is 4. The van der Waals surface area contributed by atoms with E-state index in [0.717, 1.165) is 22.4 Å². The molecule has 5 rings (SSSR count). The molecular weight excluding hydrogens is 402 g/mol.